The van der Waals surface area contributed by atoms with Crippen molar-refractivity contribution in [2.75, 3.05) is 6.54 Å². The van der Waals surface area contributed by atoms with Crippen LogP contribution in [0.3, 0.4) is 0 Å². The first kappa shape index (κ1) is 12.7. The number of aliphatic imine (C=N–C) groups is 1. The number of nitrogens with one attached hydrogen (secondary N) is 1. The molecule has 1 fully saturated rings. The molecule has 4 heterocycles. The zero-order valence-corrected chi connectivity index (χ0v) is 13.4. The predicted molar refractivity (Wildman–Crippen MR) is 77.8 cm³/mol. The molecule has 2 atom stereocenters. The summed E-state index contributed by atoms with van der Waals surface area (Å²) in [5, 5.41) is 13.8. The first-order valence-electron chi connectivity index (χ1n) is 6.16. The van der Waals surface area contributed by atoms with Gasteiger partial charge >= 0.3 is 0 Å². The lowest BCUT2D eigenvalue weighted by Gasteiger charge is -2.47. The van der Waals surface area contributed by atoms with Crippen LogP contribution < -0.4 is 11.1 Å². The highest BCUT2D eigenvalue weighted by molar-refractivity contribution is 9.13. The van der Waals surface area contributed by atoms with Crippen molar-refractivity contribution in [3.8, 4) is 0 Å². The van der Waals surface area contributed by atoms with Crippen LogP contribution >= 0.6 is 31.9 Å². The van der Waals surface area contributed by atoms with E-state index in [4.69, 9.17) is 5.73 Å². The number of guanidine groups is 1. The topological polar surface area (TPSA) is 95.9 Å². The number of halogens is 2. The van der Waals surface area contributed by atoms with Crippen LogP contribution in [0.5, 0.6) is 0 Å². The molecule has 106 valence electrons. The van der Waals surface area contributed by atoms with Crippen molar-refractivity contribution in [2.45, 2.75) is 24.4 Å². The van der Waals surface area contributed by atoms with E-state index >= 15 is 0 Å². The summed E-state index contributed by atoms with van der Waals surface area (Å²) < 4.78 is 3.10. The highest BCUT2D eigenvalue weighted by Gasteiger charge is 2.68. The summed E-state index contributed by atoms with van der Waals surface area (Å²) >= 11 is 6.85. The average Bonchev–Trinajstić information content (AvgIpc) is 2.90. The maximum Gasteiger partial charge on any atom is 0.274 e. The first-order chi connectivity index (χ1) is 9.41. The molecule has 0 unspecified atom stereocenters. The lowest BCUT2D eigenvalue weighted by atomic mass is 9.94. The number of carbonyl (C=O) groups is 1. The molecule has 1 spiro atoms. The third kappa shape index (κ3) is 1.16. The number of amides is 1. The molecule has 1 aromatic heterocycles. The lowest BCUT2D eigenvalue weighted by molar-refractivity contribution is -0.157. The van der Waals surface area contributed by atoms with E-state index in [2.05, 4.69) is 42.2 Å². The summed E-state index contributed by atoms with van der Waals surface area (Å²) in [5.41, 5.74) is 4.88. The zero-order valence-electron chi connectivity index (χ0n) is 10.2. The summed E-state index contributed by atoms with van der Waals surface area (Å²) in [6.45, 7) is 0.533. The fourth-order valence-electron chi connectivity index (χ4n) is 3.40. The van der Waals surface area contributed by atoms with Crippen molar-refractivity contribution in [3.63, 3.8) is 0 Å². The molecule has 3 aliphatic heterocycles. The summed E-state index contributed by atoms with van der Waals surface area (Å²) in [7, 11) is 0. The van der Waals surface area contributed by atoms with Gasteiger partial charge in [-0.2, -0.15) is 4.99 Å². The van der Waals surface area contributed by atoms with E-state index in [0.717, 1.165) is 4.47 Å². The van der Waals surface area contributed by atoms with Crippen molar-refractivity contribution in [3.05, 3.63) is 20.8 Å². The van der Waals surface area contributed by atoms with Gasteiger partial charge in [0, 0.05) is 13.0 Å². The number of carbonyl (C=O) groups excluding carboxylic acids is 1. The Labute approximate surface area is 131 Å². The molecule has 0 saturated carbocycles. The van der Waals surface area contributed by atoms with Gasteiger partial charge in [-0.3, -0.25) is 14.3 Å². The largest absolute Gasteiger partial charge is 0.370 e. The van der Waals surface area contributed by atoms with Crippen LogP contribution in [0.4, 0.5) is 0 Å². The fourth-order valence-corrected chi connectivity index (χ4v) is 4.35. The Morgan fingerprint density at radius 2 is 2.25 bits per heavy atom. The Kier molecular flexibility index (Phi) is 2.26. The summed E-state index contributed by atoms with van der Waals surface area (Å²) in [5.74, 6) is -1.27. The average molecular weight is 405 g/mol. The maximum absolute atomic E-state index is 12.6. The van der Waals surface area contributed by atoms with Gasteiger partial charge in [0.2, 0.25) is 5.72 Å². The zero-order chi connectivity index (χ0) is 14.3. The molecule has 7 nitrogen and oxygen atoms in total. The molecule has 0 radical (unpaired) electrons. The van der Waals surface area contributed by atoms with Crippen molar-refractivity contribution in [1.29, 1.82) is 0 Å². The summed E-state index contributed by atoms with van der Waals surface area (Å²) in [4.78, 5) is 18.6. The van der Waals surface area contributed by atoms with E-state index in [-0.39, 0.29) is 11.9 Å². The van der Waals surface area contributed by atoms with Gasteiger partial charge in [0.05, 0.1) is 4.47 Å². The number of aromatic nitrogens is 1. The smallest absolute Gasteiger partial charge is 0.274 e. The van der Waals surface area contributed by atoms with E-state index in [1.807, 2.05) is 0 Å². The van der Waals surface area contributed by atoms with Crippen LogP contribution in [0.1, 0.15) is 23.3 Å². The number of aliphatic hydroxyl groups is 1. The van der Waals surface area contributed by atoms with Gasteiger partial charge in [0.25, 0.3) is 11.7 Å². The van der Waals surface area contributed by atoms with Crippen LogP contribution in [0.15, 0.2) is 20.1 Å². The van der Waals surface area contributed by atoms with E-state index in [1.165, 1.54) is 0 Å². The normalized spacial score (nSPS) is 34.5. The minimum Gasteiger partial charge on any atom is -0.370 e. The van der Waals surface area contributed by atoms with Gasteiger partial charge in [-0.05, 0) is 44.3 Å². The highest BCUT2D eigenvalue weighted by atomic mass is 79.9. The standard InChI is InChI=1S/C11H11Br2N5O2/c12-5-4-6-8(19)17-3-1-2-10(20)11(17,16-9(14)15-10)18(6)7(5)13/h4,20H,1-3H2,(H3,14,15,16)/t10-,11+/m1/s1. The number of nitrogens with two attached hydrogens (primary N) is 1. The minimum absolute atomic E-state index is 0.136. The second-order valence-corrected chi connectivity index (χ2v) is 6.79. The number of piperidine rings is 1. The maximum atomic E-state index is 12.6. The molecule has 3 aliphatic rings. The third-order valence-electron chi connectivity index (χ3n) is 4.14. The second-order valence-electron chi connectivity index (χ2n) is 5.18. The lowest BCUT2D eigenvalue weighted by Crippen LogP contribution is -2.67. The molecule has 9 heteroatoms. The summed E-state index contributed by atoms with van der Waals surface area (Å²) in [6, 6.07) is 1.73. The van der Waals surface area contributed by atoms with Gasteiger partial charge in [0.15, 0.2) is 5.96 Å². The van der Waals surface area contributed by atoms with Crippen molar-refractivity contribution in [2.24, 2.45) is 10.7 Å². The van der Waals surface area contributed by atoms with Crippen LogP contribution in [-0.4, -0.2) is 38.7 Å². The molecule has 1 saturated heterocycles. The van der Waals surface area contributed by atoms with Gasteiger partial charge in [-0.15, -0.1) is 0 Å². The Morgan fingerprint density at radius 1 is 1.50 bits per heavy atom. The molecular formula is C11H11Br2N5O2. The third-order valence-corrected chi connectivity index (χ3v) is 6.05. The Bertz CT molecular complexity index is 687. The molecular weight excluding hydrogens is 394 g/mol. The Morgan fingerprint density at radius 3 is 3.00 bits per heavy atom. The molecule has 1 amide bonds. The quantitative estimate of drug-likeness (QED) is 0.586. The fraction of sp³-hybridized carbons (Fsp3) is 0.455. The Balaban J connectivity index is 2.08. The van der Waals surface area contributed by atoms with Crippen molar-refractivity contribution >= 4 is 43.7 Å². The molecule has 4 rings (SSSR count). The predicted octanol–water partition coefficient (Wildman–Crippen LogP) is 0.479. The van der Waals surface area contributed by atoms with Gasteiger partial charge in [0.1, 0.15) is 10.3 Å². The van der Waals surface area contributed by atoms with Crippen molar-refractivity contribution < 1.29 is 9.90 Å². The monoisotopic (exact) mass is 403 g/mol. The Hall–Kier alpha value is -1.06. The molecule has 0 aliphatic carbocycles. The first-order valence-corrected chi connectivity index (χ1v) is 7.74. The summed E-state index contributed by atoms with van der Waals surface area (Å²) in [6.07, 6.45) is 1.14. The van der Waals surface area contributed by atoms with Gasteiger partial charge in [-0.1, -0.05) is 0 Å². The van der Waals surface area contributed by atoms with E-state index in [0.29, 0.717) is 29.7 Å². The van der Waals surface area contributed by atoms with Gasteiger partial charge < -0.3 is 16.2 Å². The van der Waals surface area contributed by atoms with Crippen molar-refractivity contribution in [1.82, 2.24) is 14.8 Å². The van der Waals surface area contributed by atoms with Crippen LogP contribution in [0.25, 0.3) is 0 Å². The minimum atomic E-state index is -1.39. The number of rotatable bonds is 0. The van der Waals surface area contributed by atoms with Crippen LogP contribution in [-0.2, 0) is 5.79 Å². The molecule has 1 aromatic rings. The molecule has 20 heavy (non-hydrogen) atoms. The molecule has 0 bridgehead atoms. The SMILES string of the molecule is NC1=N[C@]23N(CCC[C@]2(O)N1)C(=O)c1cc(Br)c(Br)n13. The molecule has 0 aromatic carbocycles. The number of fused-ring (bicyclic) bond motifs is 1. The number of hydrogen-bond donors (Lipinski definition) is 3. The highest BCUT2D eigenvalue weighted by Crippen LogP contribution is 2.51. The van der Waals surface area contributed by atoms with Gasteiger partial charge in [-0.25, -0.2) is 0 Å². The second kappa shape index (κ2) is 3.58. The van der Waals surface area contributed by atoms with E-state index in [9.17, 15) is 9.90 Å². The van der Waals surface area contributed by atoms with E-state index < -0.39 is 11.5 Å². The van der Waals surface area contributed by atoms with E-state index in [1.54, 1.807) is 15.5 Å². The molecule has 4 N–H and O–H groups in total. The number of nitrogens with zero attached hydrogens (tertiary/aromatic N) is 3. The van der Waals surface area contributed by atoms with Crippen LogP contribution in [0, 0.1) is 0 Å². The van der Waals surface area contributed by atoms with Crippen LogP contribution in [0.2, 0.25) is 0 Å². The number of hydrogen-bond acceptors (Lipinski definition) is 5.